The summed E-state index contributed by atoms with van der Waals surface area (Å²) in [7, 11) is 0. The summed E-state index contributed by atoms with van der Waals surface area (Å²) >= 11 is 0. The molecule has 1 fully saturated rings. The summed E-state index contributed by atoms with van der Waals surface area (Å²) in [5.74, 6) is 0. The molecule has 0 aliphatic heterocycles. The lowest BCUT2D eigenvalue weighted by Gasteiger charge is -2.42. The van der Waals surface area contributed by atoms with E-state index in [9.17, 15) is 0 Å². The van der Waals surface area contributed by atoms with Gasteiger partial charge < -0.3 is 5.32 Å². The summed E-state index contributed by atoms with van der Waals surface area (Å²) in [6, 6.07) is 0. The quantitative estimate of drug-likeness (QED) is 0.414. The Morgan fingerprint density at radius 3 is 1.68 bits per heavy atom. The van der Waals surface area contributed by atoms with Crippen molar-refractivity contribution < 1.29 is 0 Å². The van der Waals surface area contributed by atoms with Gasteiger partial charge in [-0.2, -0.15) is 0 Å². The van der Waals surface area contributed by atoms with Crippen LogP contribution in [0.2, 0.25) is 0 Å². The number of nitrogens with one attached hydrogen (secondary N) is 1. The zero-order chi connectivity index (χ0) is 13.8. The maximum Gasteiger partial charge on any atom is 0.0178 e. The lowest BCUT2D eigenvalue weighted by molar-refractivity contribution is 0.177. The maximum atomic E-state index is 3.81. The first-order valence-corrected chi connectivity index (χ1v) is 9.08. The van der Waals surface area contributed by atoms with Crippen LogP contribution in [0.3, 0.4) is 0 Å². The third-order valence-electron chi connectivity index (χ3n) is 5.02. The van der Waals surface area contributed by atoms with E-state index in [1.165, 1.54) is 96.4 Å². The highest BCUT2D eigenvalue weighted by Crippen LogP contribution is 2.34. The zero-order valence-electron chi connectivity index (χ0n) is 13.6. The van der Waals surface area contributed by atoms with E-state index >= 15 is 0 Å². The molecule has 0 unspecified atom stereocenters. The van der Waals surface area contributed by atoms with Gasteiger partial charge in [-0.05, 0) is 38.6 Å². The van der Waals surface area contributed by atoms with Gasteiger partial charge in [0.05, 0.1) is 0 Å². The third-order valence-corrected chi connectivity index (χ3v) is 5.02. The van der Waals surface area contributed by atoms with Crippen LogP contribution in [0.15, 0.2) is 0 Å². The van der Waals surface area contributed by atoms with Gasteiger partial charge in [0, 0.05) is 5.54 Å². The Hall–Kier alpha value is -0.0400. The zero-order valence-corrected chi connectivity index (χ0v) is 13.6. The van der Waals surface area contributed by atoms with Gasteiger partial charge in [0.2, 0.25) is 0 Å². The van der Waals surface area contributed by atoms with E-state index in [0.717, 1.165) is 0 Å². The molecule has 0 radical (unpaired) electrons. The van der Waals surface area contributed by atoms with Gasteiger partial charge in [-0.15, -0.1) is 0 Å². The first kappa shape index (κ1) is 17.0. The molecule has 1 rings (SSSR count). The Balaban J connectivity index is 1.76. The van der Waals surface area contributed by atoms with Crippen LogP contribution in [0, 0.1) is 0 Å². The van der Waals surface area contributed by atoms with Crippen LogP contribution in [0.1, 0.15) is 104 Å². The third kappa shape index (κ3) is 7.34. The van der Waals surface area contributed by atoms with Gasteiger partial charge in [0.1, 0.15) is 0 Å². The number of rotatable bonds is 13. The molecule has 1 aliphatic carbocycles. The topological polar surface area (TPSA) is 12.0 Å². The Morgan fingerprint density at radius 2 is 1.26 bits per heavy atom. The van der Waals surface area contributed by atoms with Crippen LogP contribution < -0.4 is 5.32 Å². The minimum Gasteiger partial charge on any atom is -0.311 e. The van der Waals surface area contributed by atoms with Gasteiger partial charge in [-0.3, -0.25) is 0 Å². The fourth-order valence-corrected chi connectivity index (χ4v) is 3.22. The molecule has 0 aromatic carbocycles. The summed E-state index contributed by atoms with van der Waals surface area (Å²) < 4.78 is 0. The van der Waals surface area contributed by atoms with E-state index < -0.39 is 0 Å². The molecular weight excluding hydrogens is 230 g/mol. The smallest absolute Gasteiger partial charge is 0.0178 e. The monoisotopic (exact) mass is 267 g/mol. The molecule has 114 valence electrons. The van der Waals surface area contributed by atoms with Crippen LogP contribution >= 0.6 is 0 Å². The van der Waals surface area contributed by atoms with Crippen molar-refractivity contribution in [2.24, 2.45) is 0 Å². The highest BCUT2D eigenvalue weighted by molar-refractivity contribution is 4.94. The lowest BCUT2D eigenvalue weighted by atomic mass is 9.75. The van der Waals surface area contributed by atoms with E-state index in [1.807, 2.05) is 0 Å². The molecule has 0 bridgehead atoms. The van der Waals surface area contributed by atoms with Crippen molar-refractivity contribution in [1.29, 1.82) is 0 Å². The Bertz CT molecular complexity index is 190. The van der Waals surface area contributed by atoms with Gasteiger partial charge in [-0.25, -0.2) is 0 Å². The number of hydrogen-bond acceptors (Lipinski definition) is 1. The largest absolute Gasteiger partial charge is 0.311 e. The molecule has 0 heterocycles. The fraction of sp³-hybridized carbons (Fsp3) is 1.00. The second-order valence-electron chi connectivity index (χ2n) is 6.60. The molecule has 1 nitrogen and oxygen atoms in total. The molecule has 0 saturated heterocycles. The lowest BCUT2D eigenvalue weighted by Crippen LogP contribution is -2.50. The van der Waals surface area contributed by atoms with E-state index in [-0.39, 0.29) is 0 Å². The molecule has 0 spiro atoms. The van der Waals surface area contributed by atoms with Crippen LogP contribution in [0.4, 0.5) is 0 Å². The van der Waals surface area contributed by atoms with Crippen molar-refractivity contribution in [3.05, 3.63) is 0 Å². The molecule has 1 N–H and O–H groups in total. The van der Waals surface area contributed by atoms with E-state index in [2.05, 4.69) is 19.2 Å². The summed E-state index contributed by atoms with van der Waals surface area (Å²) in [4.78, 5) is 0. The predicted octanol–water partition coefficient (Wildman–Crippen LogP) is 5.83. The molecule has 1 heteroatoms. The molecular formula is C18H37N. The van der Waals surface area contributed by atoms with E-state index in [0.29, 0.717) is 5.54 Å². The molecule has 0 atom stereocenters. The Kier molecular flexibility index (Phi) is 9.59. The van der Waals surface area contributed by atoms with Crippen molar-refractivity contribution in [1.82, 2.24) is 5.32 Å². The first-order valence-electron chi connectivity index (χ1n) is 9.08. The highest BCUT2D eigenvalue weighted by Gasteiger charge is 2.33. The average molecular weight is 268 g/mol. The van der Waals surface area contributed by atoms with Crippen molar-refractivity contribution >= 4 is 0 Å². The maximum absolute atomic E-state index is 3.81. The van der Waals surface area contributed by atoms with Gasteiger partial charge in [-0.1, -0.05) is 71.6 Å². The molecule has 0 aromatic heterocycles. The van der Waals surface area contributed by atoms with Crippen LogP contribution in [0.25, 0.3) is 0 Å². The second kappa shape index (κ2) is 10.7. The number of unbranched alkanes of at least 4 members (excludes halogenated alkanes) is 9. The molecule has 1 aliphatic rings. The second-order valence-corrected chi connectivity index (χ2v) is 6.60. The van der Waals surface area contributed by atoms with Crippen LogP contribution in [-0.4, -0.2) is 12.1 Å². The van der Waals surface area contributed by atoms with Crippen molar-refractivity contribution in [3.63, 3.8) is 0 Å². The fourth-order valence-electron chi connectivity index (χ4n) is 3.22. The first-order chi connectivity index (χ1) is 9.33. The van der Waals surface area contributed by atoms with Gasteiger partial charge >= 0.3 is 0 Å². The van der Waals surface area contributed by atoms with Gasteiger partial charge in [0.15, 0.2) is 0 Å². The molecule has 1 saturated carbocycles. The standard InChI is InChI=1S/C18H37N/c1-3-5-6-7-8-9-10-11-12-13-17-19-18(4-2)15-14-16-18/h19H,3-17H2,1-2H3. The molecule has 0 aromatic rings. The predicted molar refractivity (Wildman–Crippen MR) is 86.7 cm³/mol. The minimum absolute atomic E-state index is 0.555. The van der Waals surface area contributed by atoms with Crippen LogP contribution in [0.5, 0.6) is 0 Å². The van der Waals surface area contributed by atoms with Crippen molar-refractivity contribution in [3.8, 4) is 0 Å². The number of hydrogen-bond donors (Lipinski definition) is 1. The SMILES string of the molecule is CCCCCCCCCCCCNC1(CC)CCC1. The van der Waals surface area contributed by atoms with Crippen LogP contribution in [-0.2, 0) is 0 Å². The van der Waals surface area contributed by atoms with E-state index in [4.69, 9.17) is 0 Å². The van der Waals surface area contributed by atoms with Crippen molar-refractivity contribution in [2.75, 3.05) is 6.54 Å². The summed E-state index contributed by atoms with van der Waals surface area (Å²) in [6.45, 7) is 5.88. The van der Waals surface area contributed by atoms with Crippen molar-refractivity contribution in [2.45, 2.75) is 109 Å². The molecule has 0 amide bonds. The molecule has 19 heavy (non-hydrogen) atoms. The highest BCUT2D eigenvalue weighted by atomic mass is 15.0. The Labute approximate surface area is 121 Å². The van der Waals surface area contributed by atoms with Gasteiger partial charge in [0.25, 0.3) is 0 Å². The van der Waals surface area contributed by atoms with E-state index in [1.54, 1.807) is 0 Å². The summed E-state index contributed by atoms with van der Waals surface area (Å²) in [5.41, 5.74) is 0.555. The Morgan fingerprint density at radius 1 is 0.737 bits per heavy atom. The average Bonchev–Trinajstić information content (AvgIpc) is 2.38. The summed E-state index contributed by atoms with van der Waals surface area (Å²) in [5, 5.41) is 3.81. The minimum atomic E-state index is 0.555. The summed E-state index contributed by atoms with van der Waals surface area (Å²) in [6.07, 6.45) is 20.0. The normalized spacial score (nSPS) is 17.4.